The zero-order valence-corrected chi connectivity index (χ0v) is 15.1. The monoisotopic (exact) mass is 352 g/mol. The van der Waals surface area contributed by atoms with Crippen molar-refractivity contribution in [2.45, 2.75) is 12.3 Å². The lowest BCUT2D eigenvalue weighted by Gasteiger charge is -2.23. The standard InChI is InChI=1S/C20H20N2O2S/c1-15(23)21(2)17-9-11-18(12-10-17)22-19(24)14-25-20(22)13-8-16-6-4-3-5-7-16/h3-13,20H,14H2,1-2H3/b13-8+/t20-/m1/s1. The highest BCUT2D eigenvalue weighted by Crippen LogP contribution is 2.32. The molecule has 25 heavy (non-hydrogen) atoms. The Labute approximate surface area is 152 Å². The zero-order chi connectivity index (χ0) is 17.8. The maximum absolute atomic E-state index is 12.3. The van der Waals surface area contributed by atoms with Crippen molar-refractivity contribution >= 4 is 41.0 Å². The number of amides is 2. The fourth-order valence-electron chi connectivity index (χ4n) is 2.65. The fraction of sp³-hybridized carbons (Fsp3) is 0.200. The van der Waals surface area contributed by atoms with Crippen LogP contribution in [0, 0.1) is 0 Å². The van der Waals surface area contributed by atoms with E-state index in [2.05, 4.69) is 6.08 Å². The SMILES string of the molecule is CC(=O)N(C)c1ccc(N2C(=O)CS[C@@H]2/C=C/c2ccccc2)cc1. The molecule has 2 aromatic rings. The second-order valence-corrected chi connectivity index (χ2v) is 6.93. The molecule has 3 rings (SSSR count). The maximum atomic E-state index is 12.3. The highest BCUT2D eigenvalue weighted by atomic mass is 32.2. The van der Waals surface area contributed by atoms with E-state index in [1.807, 2.05) is 65.6 Å². The molecule has 0 radical (unpaired) electrons. The number of carbonyl (C=O) groups excluding carboxylic acids is 2. The Hall–Kier alpha value is -2.53. The Morgan fingerprint density at radius 3 is 2.48 bits per heavy atom. The molecular weight excluding hydrogens is 332 g/mol. The molecule has 128 valence electrons. The minimum absolute atomic E-state index is 0.0239. The summed E-state index contributed by atoms with van der Waals surface area (Å²) < 4.78 is 0. The van der Waals surface area contributed by atoms with Crippen molar-refractivity contribution in [1.82, 2.24) is 0 Å². The van der Waals surface area contributed by atoms with Crippen LogP contribution in [-0.2, 0) is 9.59 Å². The summed E-state index contributed by atoms with van der Waals surface area (Å²) in [6, 6.07) is 17.6. The number of nitrogens with zero attached hydrogens (tertiary/aromatic N) is 2. The highest BCUT2D eigenvalue weighted by Gasteiger charge is 2.31. The Bertz CT molecular complexity index is 787. The Balaban J connectivity index is 1.80. The van der Waals surface area contributed by atoms with Crippen molar-refractivity contribution in [3.63, 3.8) is 0 Å². The quantitative estimate of drug-likeness (QED) is 0.841. The van der Waals surface area contributed by atoms with Gasteiger partial charge in [0.1, 0.15) is 5.37 Å². The van der Waals surface area contributed by atoms with E-state index in [-0.39, 0.29) is 17.2 Å². The van der Waals surface area contributed by atoms with Gasteiger partial charge in [0.2, 0.25) is 11.8 Å². The fourth-order valence-corrected chi connectivity index (χ4v) is 3.68. The number of rotatable bonds is 4. The van der Waals surface area contributed by atoms with E-state index in [1.165, 1.54) is 6.92 Å². The first-order chi connectivity index (χ1) is 12.1. The van der Waals surface area contributed by atoms with Gasteiger partial charge >= 0.3 is 0 Å². The third-order valence-corrected chi connectivity index (χ3v) is 5.26. The smallest absolute Gasteiger partial charge is 0.238 e. The summed E-state index contributed by atoms with van der Waals surface area (Å²) in [6.45, 7) is 1.53. The van der Waals surface area contributed by atoms with Gasteiger partial charge < -0.3 is 4.90 Å². The van der Waals surface area contributed by atoms with Crippen LogP contribution < -0.4 is 9.80 Å². The van der Waals surface area contributed by atoms with E-state index in [1.54, 1.807) is 23.7 Å². The van der Waals surface area contributed by atoms with Gasteiger partial charge in [0.25, 0.3) is 0 Å². The van der Waals surface area contributed by atoms with Crippen LogP contribution in [0.5, 0.6) is 0 Å². The molecule has 0 unspecified atom stereocenters. The molecule has 1 saturated heterocycles. The summed E-state index contributed by atoms with van der Waals surface area (Å²) in [7, 11) is 1.74. The molecule has 0 saturated carbocycles. The number of thioether (sulfide) groups is 1. The van der Waals surface area contributed by atoms with Crippen LogP contribution in [0.2, 0.25) is 0 Å². The van der Waals surface area contributed by atoms with Crippen molar-refractivity contribution in [2.75, 3.05) is 22.6 Å². The molecule has 0 spiro atoms. The van der Waals surface area contributed by atoms with E-state index in [0.29, 0.717) is 5.75 Å². The van der Waals surface area contributed by atoms with E-state index >= 15 is 0 Å². The van der Waals surface area contributed by atoms with Crippen molar-refractivity contribution in [1.29, 1.82) is 0 Å². The van der Waals surface area contributed by atoms with Crippen molar-refractivity contribution in [3.05, 3.63) is 66.2 Å². The molecule has 2 aromatic carbocycles. The molecule has 1 atom stereocenters. The first kappa shape index (κ1) is 17.3. The van der Waals surface area contributed by atoms with Crippen LogP contribution in [-0.4, -0.2) is 30.0 Å². The average Bonchev–Trinajstić information content (AvgIpc) is 3.01. The topological polar surface area (TPSA) is 40.6 Å². The van der Waals surface area contributed by atoms with Gasteiger partial charge in [-0.05, 0) is 29.8 Å². The van der Waals surface area contributed by atoms with Crippen LogP contribution in [0.3, 0.4) is 0 Å². The summed E-state index contributed by atoms with van der Waals surface area (Å²) in [4.78, 5) is 27.2. The lowest BCUT2D eigenvalue weighted by Crippen LogP contribution is -2.31. The molecule has 1 fully saturated rings. The van der Waals surface area contributed by atoms with Gasteiger partial charge in [-0.1, -0.05) is 42.5 Å². The zero-order valence-electron chi connectivity index (χ0n) is 14.3. The van der Waals surface area contributed by atoms with Gasteiger partial charge in [-0.25, -0.2) is 0 Å². The number of hydrogen-bond acceptors (Lipinski definition) is 3. The summed E-state index contributed by atoms with van der Waals surface area (Å²) in [5.41, 5.74) is 2.77. The summed E-state index contributed by atoms with van der Waals surface area (Å²) in [6.07, 6.45) is 4.10. The molecule has 0 N–H and O–H groups in total. The molecule has 0 aliphatic carbocycles. The second kappa shape index (κ2) is 7.57. The van der Waals surface area contributed by atoms with Crippen LogP contribution >= 0.6 is 11.8 Å². The Kier molecular flexibility index (Phi) is 5.24. The number of anilines is 2. The lowest BCUT2D eigenvalue weighted by molar-refractivity contribution is -0.116. The predicted octanol–water partition coefficient (Wildman–Crippen LogP) is 3.79. The maximum Gasteiger partial charge on any atom is 0.238 e. The third kappa shape index (κ3) is 3.94. The molecule has 1 aliphatic rings. The summed E-state index contributed by atoms with van der Waals surface area (Å²) in [5.74, 6) is 0.545. The number of carbonyl (C=O) groups is 2. The van der Waals surface area contributed by atoms with Crippen molar-refractivity contribution < 1.29 is 9.59 Å². The van der Waals surface area contributed by atoms with Gasteiger partial charge in [-0.2, -0.15) is 0 Å². The van der Waals surface area contributed by atoms with Crippen LogP contribution in [0.4, 0.5) is 11.4 Å². The molecule has 0 aromatic heterocycles. The number of hydrogen-bond donors (Lipinski definition) is 0. The summed E-state index contributed by atoms with van der Waals surface area (Å²) in [5, 5.41) is -0.0240. The lowest BCUT2D eigenvalue weighted by atomic mass is 10.2. The van der Waals surface area contributed by atoms with Gasteiger partial charge in [-0.15, -0.1) is 11.8 Å². The number of benzene rings is 2. The average molecular weight is 352 g/mol. The third-order valence-electron chi connectivity index (χ3n) is 4.14. The van der Waals surface area contributed by atoms with E-state index in [9.17, 15) is 9.59 Å². The van der Waals surface area contributed by atoms with Gasteiger partial charge in [0.05, 0.1) is 5.75 Å². The van der Waals surface area contributed by atoms with Crippen LogP contribution in [0.25, 0.3) is 6.08 Å². The molecule has 4 nitrogen and oxygen atoms in total. The normalized spacial score (nSPS) is 17.3. The van der Waals surface area contributed by atoms with Gasteiger partial charge in [0.15, 0.2) is 0 Å². The van der Waals surface area contributed by atoms with Gasteiger partial charge in [0, 0.05) is 25.3 Å². The second-order valence-electron chi connectivity index (χ2n) is 5.83. The molecule has 5 heteroatoms. The van der Waals surface area contributed by atoms with Gasteiger partial charge in [-0.3, -0.25) is 14.5 Å². The van der Waals surface area contributed by atoms with Crippen molar-refractivity contribution in [3.8, 4) is 0 Å². The Morgan fingerprint density at radius 2 is 1.84 bits per heavy atom. The highest BCUT2D eigenvalue weighted by molar-refractivity contribution is 8.01. The first-order valence-corrected chi connectivity index (χ1v) is 9.12. The summed E-state index contributed by atoms with van der Waals surface area (Å²) >= 11 is 1.61. The predicted molar refractivity (Wildman–Crippen MR) is 105 cm³/mol. The molecule has 1 heterocycles. The minimum atomic E-state index is -0.0240. The van der Waals surface area contributed by atoms with Crippen molar-refractivity contribution in [2.24, 2.45) is 0 Å². The molecular formula is C20H20N2O2S. The van der Waals surface area contributed by atoms with E-state index in [4.69, 9.17) is 0 Å². The van der Waals surface area contributed by atoms with E-state index < -0.39 is 0 Å². The molecule has 1 aliphatic heterocycles. The first-order valence-electron chi connectivity index (χ1n) is 8.07. The van der Waals surface area contributed by atoms with E-state index in [0.717, 1.165) is 16.9 Å². The van der Waals surface area contributed by atoms with Crippen LogP contribution in [0.1, 0.15) is 12.5 Å². The van der Waals surface area contributed by atoms with Crippen LogP contribution in [0.15, 0.2) is 60.7 Å². The minimum Gasteiger partial charge on any atom is -0.316 e. The largest absolute Gasteiger partial charge is 0.316 e. The Morgan fingerprint density at radius 1 is 1.16 bits per heavy atom. The molecule has 0 bridgehead atoms. The molecule has 2 amide bonds.